The Balaban J connectivity index is 1.53. The molecule has 0 saturated carbocycles. The third kappa shape index (κ3) is 12.2. The van der Waals surface area contributed by atoms with Gasteiger partial charge in [0.25, 0.3) is 0 Å². The molecular weight excluding hydrogens is 783 g/mol. The van der Waals surface area contributed by atoms with Gasteiger partial charge in [-0.25, -0.2) is 0 Å². The predicted octanol–water partition coefficient (Wildman–Crippen LogP) is 6.39. The van der Waals surface area contributed by atoms with Gasteiger partial charge in [0.15, 0.2) is 17.3 Å². The molecule has 1 aliphatic rings. The normalized spacial score (nSPS) is 17.0. The summed E-state index contributed by atoms with van der Waals surface area (Å²) in [5, 5.41) is 2.85. The number of ketones is 3. The number of hydrogen-bond acceptors (Lipinski definition) is 10. The third-order valence-corrected chi connectivity index (χ3v) is 11.5. The topological polar surface area (TPSA) is 197 Å². The van der Waals surface area contributed by atoms with Crippen LogP contribution in [0.3, 0.4) is 0 Å². The highest BCUT2D eigenvalue weighted by Gasteiger charge is 2.36. The van der Waals surface area contributed by atoms with Crippen LogP contribution in [-0.4, -0.2) is 80.0 Å². The molecule has 7 N–H and O–H groups in total. The van der Waals surface area contributed by atoms with Crippen molar-refractivity contribution in [1.82, 2.24) is 10.2 Å². The maximum absolute atomic E-state index is 14.7. The number of amides is 2. The number of fused-ring (bicyclic) bond motifs is 5. The molecule has 0 spiro atoms. The summed E-state index contributed by atoms with van der Waals surface area (Å²) in [5.74, 6) is -2.37. The lowest BCUT2D eigenvalue weighted by molar-refractivity contribution is -0.142. The average Bonchev–Trinajstić information content (AvgIpc) is 3.27. The molecule has 0 saturated heterocycles. The molecule has 62 heavy (non-hydrogen) atoms. The molecule has 330 valence electrons. The molecule has 1 aliphatic heterocycles. The van der Waals surface area contributed by atoms with Gasteiger partial charge in [0, 0.05) is 61.5 Å². The first kappa shape index (κ1) is 47.4. The van der Waals surface area contributed by atoms with Crippen LogP contribution in [-0.2, 0) is 32.0 Å². The minimum absolute atomic E-state index is 0.0907. The fraction of sp³-hybridized carbons (Fsp3) is 0.420. The number of nitrogens with one attached hydrogen (secondary N) is 1. The Morgan fingerprint density at radius 2 is 1.40 bits per heavy atom. The molecule has 1 unspecified atom stereocenters. The van der Waals surface area contributed by atoms with E-state index in [2.05, 4.69) is 36.5 Å². The van der Waals surface area contributed by atoms with Crippen molar-refractivity contribution in [2.45, 2.75) is 84.2 Å². The summed E-state index contributed by atoms with van der Waals surface area (Å²) in [6.07, 6.45) is 4.00. The van der Waals surface area contributed by atoms with Crippen LogP contribution in [0.5, 0.6) is 11.5 Å². The maximum Gasteiger partial charge on any atom is 0.226 e. The number of carbonyl (C=O) groups is 5. The lowest BCUT2D eigenvalue weighted by Crippen LogP contribution is -2.45. The van der Waals surface area contributed by atoms with E-state index in [9.17, 15) is 24.0 Å². The second-order valence-corrected chi connectivity index (χ2v) is 16.3. The Morgan fingerprint density at radius 3 is 2.00 bits per heavy atom. The molecule has 1 heterocycles. The largest absolute Gasteiger partial charge is 0.492 e. The summed E-state index contributed by atoms with van der Waals surface area (Å²) in [6.45, 7) is 6.45. The number of aryl methyl sites for hydroxylation is 1. The molecular formula is C50H63N5O7. The molecule has 4 aromatic carbocycles. The van der Waals surface area contributed by atoms with E-state index >= 15 is 0 Å². The van der Waals surface area contributed by atoms with Gasteiger partial charge in [-0.1, -0.05) is 80.9 Å². The van der Waals surface area contributed by atoms with Gasteiger partial charge in [-0.2, -0.15) is 0 Å². The number of ether oxygens (including phenoxy) is 2. The Hall–Kier alpha value is -5.69. The fourth-order valence-electron chi connectivity index (χ4n) is 7.94. The Kier molecular flexibility index (Phi) is 17.5. The van der Waals surface area contributed by atoms with Crippen LogP contribution in [0.2, 0.25) is 0 Å². The van der Waals surface area contributed by atoms with Crippen LogP contribution in [0.1, 0.15) is 92.4 Å². The van der Waals surface area contributed by atoms with Crippen LogP contribution < -0.4 is 32.0 Å². The third-order valence-electron chi connectivity index (χ3n) is 11.5. The smallest absolute Gasteiger partial charge is 0.226 e. The molecule has 0 aromatic heterocycles. The number of hydrogen-bond donors (Lipinski definition) is 4. The molecule has 0 fully saturated rings. The minimum atomic E-state index is -1.16. The number of rotatable bonds is 19. The molecule has 4 bridgehead atoms. The van der Waals surface area contributed by atoms with E-state index in [1.165, 1.54) is 17.4 Å². The highest BCUT2D eigenvalue weighted by Crippen LogP contribution is 2.41. The van der Waals surface area contributed by atoms with Crippen molar-refractivity contribution in [1.29, 1.82) is 0 Å². The molecule has 2 amide bonds. The summed E-state index contributed by atoms with van der Waals surface area (Å²) in [6, 6.07) is 24.6. The molecule has 12 nitrogen and oxygen atoms in total. The number of unbranched alkanes of at least 4 members (excludes halogenated alkanes) is 1. The van der Waals surface area contributed by atoms with Gasteiger partial charge in [0.05, 0.1) is 6.04 Å². The van der Waals surface area contributed by atoms with Gasteiger partial charge < -0.3 is 36.9 Å². The summed E-state index contributed by atoms with van der Waals surface area (Å²) in [4.78, 5) is 71.2. The van der Waals surface area contributed by atoms with Gasteiger partial charge >= 0.3 is 0 Å². The first-order chi connectivity index (χ1) is 29.9. The average molecular weight is 846 g/mol. The Bertz CT molecular complexity index is 2170. The first-order valence-corrected chi connectivity index (χ1v) is 21.8. The van der Waals surface area contributed by atoms with Crippen LogP contribution in [0.25, 0.3) is 22.3 Å². The second-order valence-electron chi connectivity index (χ2n) is 16.3. The van der Waals surface area contributed by atoms with E-state index in [1.54, 1.807) is 50.4 Å². The maximum atomic E-state index is 14.7. The number of nitrogens with zero attached hydrogens (tertiary/aromatic N) is 1. The zero-order chi connectivity index (χ0) is 44.8. The monoisotopic (exact) mass is 845 g/mol. The van der Waals surface area contributed by atoms with Crippen LogP contribution in [0.4, 0.5) is 0 Å². The Morgan fingerprint density at radius 1 is 0.790 bits per heavy atom. The highest BCUT2D eigenvalue weighted by molar-refractivity contribution is 6.00. The van der Waals surface area contributed by atoms with Crippen LogP contribution in [0.15, 0.2) is 84.9 Å². The second kappa shape index (κ2) is 23.0. The quantitative estimate of drug-likeness (QED) is 0.0768. The van der Waals surface area contributed by atoms with E-state index in [0.717, 1.165) is 36.0 Å². The fourth-order valence-corrected chi connectivity index (χ4v) is 7.94. The predicted molar refractivity (Wildman–Crippen MR) is 243 cm³/mol. The molecule has 0 aliphatic carbocycles. The van der Waals surface area contributed by atoms with E-state index in [0.29, 0.717) is 53.1 Å². The van der Waals surface area contributed by atoms with Crippen molar-refractivity contribution in [3.8, 4) is 33.8 Å². The summed E-state index contributed by atoms with van der Waals surface area (Å²) >= 11 is 0. The van der Waals surface area contributed by atoms with Crippen molar-refractivity contribution in [3.05, 3.63) is 107 Å². The SMILES string of the molecule is CCCCc1ccc(-c2ccc(C(=O)C[C@@H](CCCN)C(=O)N(C)C3C(=O)C[C@@H](C)C(=O)N[C@H](C(C)=O)Cc4ccc(OCCN)c(c4)-c4cc3ccc4OCCN)cc2)cc1. The van der Waals surface area contributed by atoms with Gasteiger partial charge in [-0.05, 0) is 97.7 Å². The van der Waals surface area contributed by atoms with Crippen molar-refractivity contribution in [2.24, 2.45) is 29.0 Å². The number of likely N-dealkylation sites (N-methyl/N-ethyl adjacent to an activating group) is 1. The van der Waals surface area contributed by atoms with Crippen LogP contribution >= 0.6 is 0 Å². The molecule has 4 aromatic rings. The van der Waals surface area contributed by atoms with Gasteiger partial charge in [0.2, 0.25) is 11.8 Å². The van der Waals surface area contributed by atoms with Gasteiger partial charge in [-0.15, -0.1) is 0 Å². The van der Waals surface area contributed by atoms with Crippen molar-refractivity contribution in [2.75, 3.05) is 39.9 Å². The van der Waals surface area contributed by atoms with Crippen molar-refractivity contribution in [3.63, 3.8) is 0 Å². The van der Waals surface area contributed by atoms with Crippen molar-refractivity contribution >= 4 is 29.2 Å². The van der Waals surface area contributed by atoms with E-state index in [-0.39, 0.29) is 57.1 Å². The lowest BCUT2D eigenvalue weighted by Gasteiger charge is -2.32. The summed E-state index contributed by atoms with van der Waals surface area (Å²) in [7, 11) is 1.56. The number of Topliss-reactive ketones (excluding diaryl/α,β-unsaturated/α-hetero) is 3. The van der Waals surface area contributed by atoms with E-state index in [1.807, 2.05) is 24.3 Å². The standard InChI is InChI=1S/C50H63N5O7/c1-5-6-8-34-10-13-36(14-11-34)37-15-17-38(18-16-37)44(57)31-40(9-7-22-51)50(60)55(4)48-39-19-21-47(62-26-24-53)42(30-39)41-28-35(12-20-46(41)61-25-23-52)29-43(33(3)56)54-49(59)32(2)27-45(48)58/h10-21,28,30,32,40,43,48H,5-9,22-27,29,31,51-53H2,1-4H3,(H,54,59)/t32-,40-,43+,48?/m1/s1. The molecule has 4 atom stereocenters. The highest BCUT2D eigenvalue weighted by atomic mass is 16.5. The zero-order valence-electron chi connectivity index (χ0n) is 36.6. The number of carbonyl (C=O) groups excluding carboxylic acids is 5. The van der Waals surface area contributed by atoms with E-state index in [4.69, 9.17) is 26.7 Å². The Labute approximate surface area is 365 Å². The first-order valence-electron chi connectivity index (χ1n) is 21.8. The van der Waals surface area contributed by atoms with Crippen LogP contribution in [0, 0.1) is 11.8 Å². The molecule has 12 heteroatoms. The van der Waals surface area contributed by atoms with E-state index < -0.39 is 41.5 Å². The van der Waals surface area contributed by atoms with Crippen molar-refractivity contribution < 1.29 is 33.4 Å². The minimum Gasteiger partial charge on any atom is -0.492 e. The summed E-state index contributed by atoms with van der Waals surface area (Å²) < 4.78 is 12.2. The zero-order valence-corrected chi connectivity index (χ0v) is 36.6. The van der Waals surface area contributed by atoms with Gasteiger partial charge in [0.1, 0.15) is 30.8 Å². The summed E-state index contributed by atoms with van der Waals surface area (Å²) in [5.41, 5.74) is 23.8. The number of nitrogens with two attached hydrogens (primary N) is 3. The van der Waals surface area contributed by atoms with Gasteiger partial charge in [-0.3, -0.25) is 24.0 Å². The molecule has 5 rings (SSSR count). The molecule has 0 radical (unpaired) electrons. The number of benzene rings is 4. The lowest BCUT2D eigenvalue weighted by atomic mass is 9.88.